The van der Waals surface area contributed by atoms with Crippen LogP contribution in [0.3, 0.4) is 0 Å². The van der Waals surface area contributed by atoms with Crippen molar-refractivity contribution in [3.05, 3.63) is 39.0 Å². The maximum atomic E-state index is 12.2. The van der Waals surface area contributed by atoms with Gasteiger partial charge in [-0.1, -0.05) is 27.5 Å². The van der Waals surface area contributed by atoms with Crippen molar-refractivity contribution in [2.75, 3.05) is 0 Å². The molecule has 0 aliphatic rings. The average molecular weight is 356 g/mol. The zero-order valence-electron chi connectivity index (χ0n) is 9.21. The van der Waals surface area contributed by atoms with E-state index in [1.807, 2.05) is 0 Å². The lowest BCUT2D eigenvalue weighted by molar-refractivity contribution is -0.0927. The van der Waals surface area contributed by atoms with Crippen molar-refractivity contribution in [2.24, 2.45) is 10.7 Å². The minimum atomic E-state index is -4.73. The van der Waals surface area contributed by atoms with E-state index in [-0.39, 0.29) is 11.3 Å². The topological polar surface area (TPSA) is 55.4 Å². The first-order valence-corrected chi connectivity index (χ1v) is 5.94. The van der Waals surface area contributed by atoms with Gasteiger partial charge in [0.1, 0.15) is 5.70 Å². The number of carbonyl (C=O) groups is 1. The van der Waals surface area contributed by atoms with Crippen LogP contribution < -0.4 is 5.73 Å². The summed E-state index contributed by atoms with van der Waals surface area (Å²) in [6.45, 7) is 0. The van der Waals surface area contributed by atoms with E-state index in [0.717, 1.165) is 6.21 Å². The summed E-state index contributed by atoms with van der Waals surface area (Å²) in [5.74, 6) is 0. The number of nitrogens with zero attached hydrogens (tertiary/aromatic N) is 1. The lowest BCUT2D eigenvalue weighted by Crippen LogP contribution is -2.20. The molecule has 0 aliphatic carbocycles. The van der Waals surface area contributed by atoms with Gasteiger partial charge in [-0.2, -0.15) is 13.2 Å². The summed E-state index contributed by atoms with van der Waals surface area (Å²) in [6.07, 6.45) is -3.45. The fraction of sp³-hybridized carbons (Fsp3) is 0.0909. The predicted molar refractivity (Wildman–Crippen MR) is 70.8 cm³/mol. The number of nitrogens with two attached hydrogens (primary N) is 1. The fourth-order valence-electron chi connectivity index (χ4n) is 1.07. The van der Waals surface area contributed by atoms with E-state index < -0.39 is 16.9 Å². The molecule has 3 nitrogen and oxygen atoms in total. The Kier molecular flexibility index (Phi) is 5.13. The van der Waals surface area contributed by atoms with E-state index in [9.17, 15) is 18.0 Å². The Morgan fingerprint density at radius 3 is 2.58 bits per heavy atom. The molecule has 19 heavy (non-hydrogen) atoms. The molecular formula is C11H7BrClF3N2O. The van der Waals surface area contributed by atoms with Crippen LogP contribution in [-0.2, 0) is 0 Å². The second-order valence-corrected chi connectivity index (χ2v) is 4.66. The highest BCUT2D eigenvalue weighted by atomic mass is 79.9. The second-order valence-electron chi connectivity index (χ2n) is 3.34. The van der Waals surface area contributed by atoms with E-state index in [4.69, 9.17) is 17.3 Å². The minimum Gasteiger partial charge on any atom is -0.393 e. The largest absolute Gasteiger partial charge is 0.432 e. The average Bonchev–Trinajstić information content (AvgIpc) is 2.34. The summed E-state index contributed by atoms with van der Waals surface area (Å²) in [7, 11) is 0. The van der Waals surface area contributed by atoms with Gasteiger partial charge >= 0.3 is 6.18 Å². The van der Waals surface area contributed by atoms with Gasteiger partial charge in [0.25, 0.3) is 0 Å². The van der Waals surface area contributed by atoms with Gasteiger partial charge in [-0.3, -0.25) is 9.79 Å². The number of aldehydes is 1. The van der Waals surface area contributed by atoms with E-state index in [1.54, 1.807) is 6.07 Å². The van der Waals surface area contributed by atoms with Crippen LogP contribution in [0.2, 0.25) is 0 Å². The monoisotopic (exact) mass is 354 g/mol. The zero-order chi connectivity index (χ0) is 14.6. The Hall–Kier alpha value is -1.34. The Morgan fingerprint density at radius 1 is 1.42 bits per heavy atom. The maximum absolute atomic E-state index is 12.2. The Balaban J connectivity index is 3.10. The molecule has 1 aromatic carbocycles. The molecule has 2 N–H and O–H groups in total. The van der Waals surface area contributed by atoms with Crippen molar-refractivity contribution >= 4 is 45.7 Å². The molecule has 0 saturated carbocycles. The molecule has 0 radical (unpaired) electrons. The molecule has 0 heterocycles. The fourth-order valence-corrected chi connectivity index (χ4v) is 1.60. The molecule has 1 aromatic rings. The van der Waals surface area contributed by atoms with Crippen LogP contribution in [0.1, 0.15) is 10.4 Å². The van der Waals surface area contributed by atoms with Crippen molar-refractivity contribution in [1.29, 1.82) is 0 Å². The molecule has 1 rings (SSSR count). The van der Waals surface area contributed by atoms with Crippen LogP contribution in [-0.4, -0.2) is 18.7 Å². The minimum absolute atomic E-state index is 0.186. The molecule has 0 aliphatic heterocycles. The van der Waals surface area contributed by atoms with Crippen LogP contribution in [0, 0.1) is 0 Å². The third-order valence-electron chi connectivity index (χ3n) is 2.00. The Labute approximate surface area is 120 Å². The van der Waals surface area contributed by atoms with Crippen molar-refractivity contribution in [1.82, 2.24) is 0 Å². The first-order valence-electron chi connectivity index (χ1n) is 4.77. The molecule has 8 heteroatoms. The van der Waals surface area contributed by atoms with E-state index in [0.29, 0.717) is 10.8 Å². The molecular weight excluding hydrogens is 348 g/mol. The number of carbonyl (C=O) groups excluding carboxylic acids is 1. The van der Waals surface area contributed by atoms with Gasteiger partial charge in [0.2, 0.25) is 0 Å². The predicted octanol–water partition coefficient (Wildman–Crippen LogP) is 3.94. The number of benzene rings is 1. The first-order chi connectivity index (χ1) is 8.75. The summed E-state index contributed by atoms with van der Waals surface area (Å²) in [6, 6.07) is 4.52. The molecule has 0 atom stereocenters. The van der Waals surface area contributed by atoms with Crippen LogP contribution in [0.15, 0.2) is 38.4 Å². The van der Waals surface area contributed by atoms with Crippen LogP contribution in [0.25, 0.3) is 0 Å². The van der Waals surface area contributed by atoms with Crippen LogP contribution >= 0.6 is 27.5 Å². The van der Waals surface area contributed by atoms with Gasteiger partial charge in [-0.05, 0) is 18.2 Å². The van der Waals surface area contributed by atoms with Crippen LogP contribution in [0.5, 0.6) is 0 Å². The summed E-state index contributed by atoms with van der Waals surface area (Å²) in [4.78, 5) is 14.5. The van der Waals surface area contributed by atoms with Gasteiger partial charge in [-0.15, -0.1) is 0 Å². The Bertz CT molecular complexity index is 555. The number of hydrogen-bond donors (Lipinski definition) is 1. The maximum Gasteiger partial charge on any atom is 0.432 e. The van der Waals surface area contributed by atoms with E-state index >= 15 is 0 Å². The van der Waals surface area contributed by atoms with Gasteiger partial charge < -0.3 is 5.73 Å². The number of halogens is 5. The SMILES string of the molecule is NC(=C(Cl)C=Nc1ccc(Br)cc1C=O)C(F)(F)F. The molecule has 0 aromatic heterocycles. The normalized spacial score (nSPS) is 13.5. The molecule has 0 bridgehead atoms. The zero-order valence-corrected chi connectivity index (χ0v) is 11.6. The molecule has 0 saturated heterocycles. The number of rotatable bonds is 3. The molecule has 0 unspecified atom stereocenters. The molecule has 0 fully saturated rings. The van der Waals surface area contributed by atoms with Crippen molar-refractivity contribution in [3.8, 4) is 0 Å². The standard InChI is InChI=1S/C11H7BrClF3N2O/c12-7-1-2-9(6(3-7)5-19)18-4-8(13)10(17)11(14,15)16/h1-5H,17H2. The number of allylic oxidation sites excluding steroid dienone is 2. The summed E-state index contributed by atoms with van der Waals surface area (Å²) < 4.78 is 37.3. The smallest absolute Gasteiger partial charge is 0.393 e. The van der Waals surface area contributed by atoms with Gasteiger partial charge in [0, 0.05) is 16.3 Å². The highest BCUT2D eigenvalue weighted by Gasteiger charge is 2.33. The first kappa shape index (κ1) is 15.7. The van der Waals surface area contributed by atoms with Gasteiger partial charge in [0.15, 0.2) is 6.29 Å². The number of alkyl halides is 3. The molecule has 0 spiro atoms. The quantitative estimate of drug-likeness (QED) is 0.659. The van der Waals surface area contributed by atoms with Gasteiger partial charge in [-0.25, -0.2) is 0 Å². The molecule has 102 valence electrons. The van der Waals surface area contributed by atoms with Crippen molar-refractivity contribution in [3.63, 3.8) is 0 Å². The Morgan fingerprint density at radius 2 is 2.05 bits per heavy atom. The van der Waals surface area contributed by atoms with Crippen molar-refractivity contribution in [2.45, 2.75) is 6.18 Å². The lowest BCUT2D eigenvalue weighted by atomic mass is 10.2. The van der Waals surface area contributed by atoms with Gasteiger partial charge in [0.05, 0.1) is 10.7 Å². The lowest BCUT2D eigenvalue weighted by Gasteiger charge is -2.06. The summed E-state index contributed by atoms with van der Waals surface area (Å²) >= 11 is 8.53. The number of hydrogen-bond acceptors (Lipinski definition) is 3. The summed E-state index contributed by atoms with van der Waals surface area (Å²) in [5, 5.41) is -0.743. The third-order valence-corrected chi connectivity index (χ3v) is 2.79. The molecule has 0 amide bonds. The number of aliphatic imine (C=N–C) groups is 1. The van der Waals surface area contributed by atoms with Crippen LogP contribution in [0.4, 0.5) is 18.9 Å². The third kappa shape index (κ3) is 4.36. The van der Waals surface area contributed by atoms with Crippen molar-refractivity contribution < 1.29 is 18.0 Å². The summed E-state index contributed by atoms with van der Waals surface area (Å²) in [5.41, 5.74) is 3.76. The van der Waals surface area contributed by atoms with E-state index in [1.165, 1.54) is 12.1 Å². The second kappa shape index (κ2) is 6.21. The van der Waals surface area contributed by atoms with E-state index in [2.05, 4.69) is 20.9 Å². The highest BCUT2D eigenvalue weighted by molar-refractivity contribution is 9.10. The highest BCUT2D eigenvalue weighted by Crippen LogP contribution is 2.26.